The second kappa shape index (κ2) is 7.99. The van der Waals surface area contributed by atoms with Gasteiger partial charge in [-0.05, 0) is 56.4 Å². The van der Waals surface area contributed by atoms with Crippen LogP contribution in [0.4, 0.5) is 5.69 Å². The molecule has 126 valence electrons. The summed E-state index contributed by atoms with van der Waals surface area (Å²) < 4.78 is 0. The average Bonchev–Trinajstić information content (AvgIpc) is 2.54. The smallest absolute Gasteiger partial charge is 0.223 e. The monoisotopic (exact) mass is 317 g/mol. The van der Waals surface area contributed by atoms with Crippen molar-refractivity contribution in [3.8, 4) is 0 Å². The highest BCUT2D eigenvalue weighted by atomic mass is 16.2. The molecule has 1 aromatic rings. The van der Waals surface area contributed by atoms with E-state index < -0.39 is 0 Å². The molecule has 0 heterocycles. The molecule has 5 heteroatoms. The molecular weight excluding hydrogens is 290 g/mol. The molecule has 0 aromatic heterocycles. The molecule has 0 spiro atoms. The van der Waals surface area contributed by atoms with Crippen LogP contribution in [0.15, 0.2) is 18.2 Å². The number of hydrogen-bond donors (Lipinski definition) is 2. The molecule has 1 atom stereocenters. The standard InChI is InChI=1S/C18H27N3O2/c1-3-21(4-2)18(23)11-10-17(22)20-16-7-5-6-13-12-14(19)8-9-15(13)16/h8-9,12,16H,3-7,10-11,19H2,1-2H3,(H,20,22). The molecule has 0 bridgehead atoms. The van der Waals surface area contributed by atoms with Crippen LogP contribution in [0.5, 0.6) is 0 Å². The molecule has 2 rings (SSSR count). The predicted molar refractivity (Wildman–Crippen MR) is 91.8 cm³/mol. The van der Waals surface area contributed by atoms with Crippen molar-refractivity contribution in [2.75, 3.05) is 18.8 Å². The van der Waals surface area contributed by atoms with Gasteiger partial charge in [-0.15, -0.1) is 0 Å². The van der Waals surface area contributed by atoms with E-state index in [2.05, 4.69) is 5.32 Å². The van der Waals surface area contributed by atoms with Gasteiger partial charge in [-0.3, -0.25) is 9.59 Å². The number of aryl methyl sites for hydroxylation is 1. The first-order valence-corrected chi connectivity index (χ1v) is 8.50. The first-order chi connectivity index (χ1) is 11.0. The number of fused-ring (bicyclic) bond motifs is 1. The minimum atomic E-state index is -0.0554. The normalized spacial score (nSPS) is 16.5. The lowest BCUT2D eigenvalue weighted by Crippen LogP contribution is -2.34. The minimum Gasteiger partial charge on any atom is -0.399 e. The molecule has 1 aliphatic carbocycles. The summed E-state index contributed by atoms with van der Waals surface area (Å²) in [5.41, 5.74) is 8.98. The van der Waals surface area contributed by atoms with Crippen molar-refractivity contribution in [2.24, 2.45) is 0 Å². The summed E-state index contributed by atoms with van der Waals surface area (Å²) in [4.78, 5) is 25.9. The molecule has 0 saturated heterocycles. The van der Waals surface area contributed by atoms with E-state index in [0.717, 1.165) is 30.5 Å². The van der Waals surface area contributed by atoms with Crippen LogP contribution < -0.4 is 11.1 Å². The summed E-state index contributed by atoms with van der Waals surface area (Å²) in [5.74, 6) is -0.0119. The summed E-state index contributed by atoms with van der Waals surface area (Å²) in [6.45, 7) is 5.28. The van der Waals surface area contributed by atoms with Gasteiger partial charge in [-0.1, -0.05) is 6.07 Å². The highest BCUT2D eigenvalue weighted by Gasteiger charge is 2.22. The second-order valence-corrected chi connectivity index (χ2v) is 6.04. The van der Waals surface area contributed by atoms with E-state index >= 15 is 0 Å². The zero-order valence-electron chi connectivity index (χ0n) is 14.1. The van der Waals surface area contributed by atoms with E-state index in [0.29, 0.717) is 13.1 Å². The number of nitrogens with one attached hydrogen (secondary N) is 1. The lowest BCUT2D eigenvalue weighted by Gasteiger charge is -2.27. The molecule has 2 amide bonds. The van der Waals surface area contributed by atoms with E-state index in [1.54, 1.807) is 4.90 Å². The van der Waals surface area contributed by atoms with Crippen LogP contribution in [0.25, 0.3) is 0 Å². The molecule has 0 saturated carbocycles. The van der Waals surface area contributed by atoms with Crippen LogP contribution in [-0.2, 0) is 16.0 Å². The van der Waals surface area contributed by atoms with Crippen LogP contribution in [0, 0.1) is 0 Å². The zero-order valence-corrected chi connectivity index (χ0v) is 14.1. The number of hydrogen-bond acceptors (Lipinski definition) is 3. The Bertz CT molecular complexity index is 567. The van der Waals surface area contributed by atoms with Gasteiger partial charge in [0, 0.05) is 31.6 Å². The topological polar surface area (TPSA) is 75.4 Å². The van der Waals surface area contributed by atoms with Crippen molar-refractivity contribution in [3.05, 3.63) is 29.3 Å². The van der Waals surface area contributed by atoms with Gasteiger partial charge < -0.3 is 16.0 Å². The Balaban J connectivity index is 1.91. The Morgan fingerprint density at radius 2 is 2.00 bits per heavy atom. The third-order valence-corrected chi connectivity index (χ3v) is 4.50. The lowest BCUT2D eigenvalue weighted by molar-refractivity contribution is -0.133. The Morgan fingerprint density at radius 1 is 1.26 bits per heavy atom. The number of anilines is 1. The van der Waals surface area contributed by atoms with Crippen LogP contribution in [0.2, 0.25) is 0 Å². The third kappa shape index (κ3) is 4.47. The number of carbonyl (C=O) groups is 2. The van der Waals surface area contributed by atoms with Gasteiger partial charge in [-0.25, -0.2) is 0 Å². The maximum atomic E-state index is 12.2. The van der Waals surface area contributed by atoms with E-state index in [9.17, 15) is 9.59 Å². The second-order valence-electron chi connectivity index (χ2n) is 6.04. The number of nitrogens with zero attached hydrogens (tertiary/aromatic N) is 1. The van der Waals surface area contributed by atoms with Crippen molar-refractivity contribution < 1.29 is 9.59 Å². The quantitative estimate of drug-likeness (QED) is 0.791. The van der Waals surface area contributed by atoms with Crippen molar-refractivity contribution in [1.29, 1.82) is 0 Å². The van der Waals surface area contributed by atoms with Crippen molar-refractivity contribution in [2.45, 2.75) is 52.0 Å². The Hall–Kier alpha value is -2.04. The fourth-order valence-electron chi connectivity index (χ4n) is 3.21. The summed E-state index contributed by atoms with van der Waals surface area (Å²) in [7, 11) is 0. The van der Waals surface area contributed by atoms with Gasteiger partial charge in [0.1, 0.15) is 0 Å². The van der Waals surface area contributed by atoms with Crippen molar-refractivity contribution in [1.82, 2.24) is 10.2 Å². The van der Waals surface area contributed by atoms with Gasteiger partial charge in [0.15, 0.2) is 0 Å². The summed E-state index contributed by atoms with van der Waals surface area (Å²) in [6, 6.07) is 5.93. The SMILES string of the molecule is CCN(CC)C(=O)CCC(=O)NC1CCCc2cc(N)ccc21. The highest BCUT2D eigenvalue weighted by molar-refractivity contribution is 5.84. The van der Waals surface area contributed by atoms with Crippen molar-refractivity contribution >= 4 is 17.5 Å². The largest absolute Gasteiger partial charge is 0.399 e. The van der Waals surface area contributed by atoms with Gasteiger partial charge in [0.05, 0.1) is 6.04 Å². The molecule has 1 aliphatic rings. The van der Waals surface area contributed by atoms with Gasteiger partial charge in [0.25, 0.3) is 0 Å². The van der Waals surface area contributed by atoms with Crippen molar-refractivity contribution in [3.63, 3.8) is 0 Å². The third-order valence-electron chi connectivity index (χ3n) is 4.50. The predicted octanol–water partition coefficient (Wildman–Crippen LogP) is 2.41. The molecule has 0 aliphatic heterocycles. The fraction of sp³-hybridized carbons (Fsp3) is 0.556. The Kier molecular flexibility index (Phi) is 6.02. The molecule has 0 fully saturated rings. The molecule has 1 unspecified atom stereocenters. The summed E-state index contributed by atoms with van der Waals surface area (Å²) in [6.07, 6.45) is 3.50. The van der Waals surface area contributed by atoms with E-state index in [4.69, 9.17) is 5.73 Å². The van der Waals surface area contributed by atoms with Gasteiger partial charge in [-0.2, -0.15) is 0 Å². The maximum absolute atomic E-state index is 12.2. The van der Waals surface area contributed by atoms with Crippen LogP contribution in [0.3, 0.4) is 0 Å². The van der Waals surface area contributed by atoms with Gasteiger partial charge >= 0.3 is 0 Å². The van der Waals surface area contributed by atoms with Gasteiger partial charge in [0.2, 0.25) is 11.8 Å². The average molecular weight is 317 g/mol. The molecule has 1 aromatic carbocycles. The van der Waals surface area contributed by atoms with Crippen LogP contribution >= 0.6 is 0 Å². The van der Waals surface area contributed by atoms with E-state index in [1.165, 1.54) is 5.56 Å². The molecular formula is C18H27N3O2. The first kappa shape index (κ1) is 17.3. The molecule has 3 N–H and O–H groups in total. The molecule has 5 nitrogen and oxygen atoms in total. The van der Waals surface area contributed by atoms with E-state index in [1.807, 2.05) is 32.0 Å². The first-order valence-electron chi connectivity index (χ1n) is 8.50. The number of amides is 2. The summed E-state index contributed by atoms with van der Waals surface area (Å²) in [5, 5.41) is 3.07. The number of carbonyl (C=O) groups excluding carboxylic acids is 2. The molecule has 0 radical (unpaired) electrons. The lowest BCUT2D eigenvalue weighted by atomic mass is 9.87. The Morgan fingerprint density at radius 3 is 2.70 bits per heavy atom. The Labute approximate surface area is 138 Å². The maximum Gasteiger partial charge on any atom is 0.223 e. The number of nitrogens with two attached hydrogens (primary N) is 1. The number of nitrogen functional groups attached to an aromatic ring is 1. The number of benzene rings is 1. The van der Waals surface area contributed by atoms with Crippen LogP contribution in [0.1, 0.15) is 56.7 Å². The molecule has 23 heavy (non-hydrogen) atoms. The fourth-order valence-corrected chi connectivity index (χ4v) is 3.21. The van der Waals surface area contributed by atoms with E-state index in [-0.39, 0.29) is 30.7 Å². The zero-order chi connectivity index (χ0) is 16.8. The number of rotatable bonds is 6. The summed E-state index contributed by atoms with van der Waals surface area (Å²) >= 11 is 0. The minimum absolute atomic E-state index is 0.0374. The van der Waals surface area contributed by atoms with Crippen LogP contribution in [-0.4, -0.2) is 29.8 Å². The highest BCUT2D eigenvalue weighted by Crippen LogP contribution is 2.31.